The summed E-state index contributed by atoms with van der Waals surface area (Å²) in [6, 6.07) is -0.206. The molecule has 0 fully saturated rings. The van der Waals surface area contributed by atoms with E-state index in [0.717, 1.165) is 18.7 Å². The molecule has 0 aromatic rings. The van der Waals surface area contributed by atoms with Crippen molar-refractivity contribution in [3.8, 4) is 0 Å². The van der Waals surface area contributed by atoms with Crippen LogP contribution in [-0.2, 0) is 9.53 Å². The van der Waals surface area contributed by atoms with Gasteiger partial charge in [-0.1, -0.05) is 0 Å². The third kappa shape index (κ3) is 2.30. The largest absolute Gasteiger partial charge is 0.385 e. The number of hydrogen-bond acceptors (Lipinski definition) is 3. The molecule has 0 aromatic carbocycles. The number of aliphatic imine (C=N–C) groups is 1. The van der Waals surface area contributed by atoms with Crippen molar-refractivity contribution in [1.82, 2.24) is 5.32 Å². The van der Waals surface area contributed by atoms with Crippen molar-refractivity contribution < 1.29 is 9.53 Å². The average Bonchev–Trinajstić information content (AvgIpc) is 2.32. The third-order valence-corrected chi connectivity index (χ3v) is 1.76. The molecule has 0 aromatic heterocycles. The molecule has 1 rings (SSSR count). The molecule has 0 saturated heterocycles. The lowest BCUT2D eigenvalue weighted by molar-refractivity contribution is -0.119. The van der Waals surface area contributed by atoms with E-state index in [2.05, 4.69) is 10.3 Å². The molecule has 1 aliphatic heterocycles. The van der Waals surface area contributed by atoms with Gasteiger partial charge in [0, 0.05) is 20.1 Å². The second-order valence-corrected chi connectivity index (χ2v) is 2.84. The Morgan fingerprint density at radius 2 is 2.42 bits per heavy atom. The predicted molar refractivity (Wildman–Crippen MR) is 46.1 cm³/mol. The molecule has 4 heteroatoms. The molecule has 4 nitrogen and oxygen atoms in total. The van der Waals surface area contributed by atoms with Crippen LogP contribution in [0.4, 0.5) is 0 Å². The number of amidine groups is 1. The van der Waals surface area contributed by atoms with Gasteiger partial charge in [0.2, 0.25) is 5.91 Å². The highest BCUT2D eigenvalue weighted by Gasteiger charge is 2.20. The van der Waals surface area contributed by atoms with E-state index in [0.29, 0.717) is 6.61 Å². The zero-order valence-electron chi connectivity index (χ0n) is 7.46. The first-order valence-corrected chi connectivity index (χ1v) is 4.10. The number of carbonyl (C=O) groups is 1. The summed E-state index contributed by atoms with van der Waals surface area (Å²) in [5.41, 5.74) is 0. The molecule has 1 N–H and O–H groups in total. The number of nitrogens with one attached hydrogen (secondary N) is 1. The zero-order valence-corrected chi connectivity index (χ0v) is 7.46. The van der Waals surface area contributed by atoms with Crippen molar-refractivity contribution in [2.45, 2.75) is 25.8 Å². The van der Waals surface area contributed by atoms with Crippen molar-refractivity contribution in [2.24, 2.45) is 4.99 Å². The van der Waals surface area contributed by atoms with E-state index in [1.54, 1.807) is 14.0 Å². The van der Waals surface area contributed by atoms with Crippen molar-refractivity contribution in [2.75, 3.05) is 13.7 Å². The Balaban J connectivity index is 2.26. The van der Waals surface area contributed by atoms with E-state index in [1.807, 2.05) is 0 Å². The van der Waals surface area contributed by atoms with Gasteiger partial charge in [-0.3, -0.25) is 9.79 Å². The zero-order chi connectivity index (χ0) is 8.97. The van der Waals surface area contributed by atoms with Gasteiger partial charge in [-0.15, -0.1) is 0 Å². The van der Waals surface area contributed by atoms with Crippen molar-refractivity contribution in [3.63, 3.8) is 0 Å². The lowest BCUT2D eigenvalue weighted by atomic mass is 10.3. The number of hydrogen-bond donors (Lipinski definition) is 1. The first kappa shape index (κ1) is 9.19. The molecule has 1 aliphatic rings. The van der Waals surface area contributed by atoms with Gasteiger partial charge in [-0.05, 0) is 13.3 Å². The monoisotopic (exact) mass is 170 g/mol. The van der Waals surface area contributed by atoms with E-state index in [1.165, 1.54) is 0 Å². The first-order valence-electron chi connectivity index (χ1n) is 4.10. The minimum Gasteiger partial charge on any atom is -0.385 e. The van der Waals surface area contributed by atoms with Crippen molar-refractivity contribution in [1.29, 1.82) is 0 Å². The molecule has 0 spiro atoms. The van der Waals surface area contributed by atoms with Crippen LogP contribution in [0.5, 0.6) is 0 Å². The van der Waals surface area contributed by atoms with Crippen LogP contribution in [0.3, 0.4) is 0 Å². The topological polar surface area (TPSA) is 50.7 Å². The number of amides is 1. The van der Waals surface area contributed by atoms with Gasteiger partial charge in [0.25, 0.3) is 0 Å². The predicted octanol–water partition coefficient (Wildman–Crippen LogP) is 0.330. The summed E-state index contributed by atoms with van der Waals surface area (Å²) in [6.45, 7) is 2.50. The maximum absolute atomic E-state index is 11.0. The Bertz CT molecular complexity index is 201. The van der Waals surface area contributed by atoms with E-state index < -0.39 is 0 Å². The number of methoxy groups -OCH3 is 1. The minimum atomic E-state index is -0.206. The summed E-state index contributed by atoms with van der Waals surface area (Å²) < 4.78 is 4.89. The molecular weight excluding hydrogens is 156 g/mol. The Hall–Kier alpha value is -0.900. The highest BCUT2D eigenvalue weighted by molar-refractivity contribution is 6.05. The fourth-order valence-corrected chi connectivity index (χ4v) is 1.08. The van der Waals surface area contributed by atoms with E-state index in [-0.39, 0.29) is 11.9 Å². The van der Waals surface area contributed by atoms with Crippen LogP contribution in [0.2, 0.25) is 0 Å². The van der Waals surface area contributed by atoms with Gasteiger partial charge >= 0.3 is 0 Å². The van der Waals surface area contributed by atoms with Gasteiger partial charge in [-0.25, -0.2) is 0 Å². The number of carbonyl (C=O) groups excluding carboxylic acids is 1. The summed E-state index contributed by atoms with van der Waals surface area (Å²) in [5, 5.41) is 2.72. The number of ether oxygens (including phenoxy) is 1. The van der Waals surface area contributed by atoms with Gasteiger partial charge in [-0.2, -0.15) is 0 Å². The lowest BCUT2D eigenvalue weighted by Gasteiger charge is -1.99. The molecule has 1 amide bonds. The molecule has 1 heterocycles. The van der Waals surface area contributed by atoms with Crippen LogP contribution in [0.25, 0.3) is 0 Å². The summed E-state index contributed by atoms with van der Waals surface area (Å²) in [4.78, 5) is 15.1. The molecule has 1 atom stereocenters. The molecule has 0 radical (unpaired) electrons. The van der Waals surface area contributed by atoms with Crippen LogP contribution < -0.4 is 5.32 Å². The van der Waals surface area contributed by atoms with E-state index in [4.69, 9.17) is 4.74 Å². The standard InChI is InChI=1S/C8H14N2O2/c1-6-8(11)10-7(9-6)4-3-5-12-2/h6H,3-5H2,1-2H3,(H,9,10,11). The maximum atomic E-state index is 11.0. The van der Waals surface area contributed by atoms with E-state index >= 15 is 0 Å². The maximum Gasteiger partial charge on any atom is 0.249 e. The SMILES string of the molecule is COCCCC1=NC(C)C(=O)N1. The molecule has 0 saturated carbocycles. The van der Waals surface area contributed by atoms with Gasteiger partial charge < -0.3 is 10.1 Å². The number of rotatable bonds is 4. The Labute approximate surface area is 72.0 Å². The molecule has 68 valence electrons. The lowest BCUT2D eigenvalue weighted by Crippen LogP contribution is -2.27. The van der Waals surface area contributed by atoms with Gasteiger partial charge in [0.15, 0.2) is 0 Å². The summed E-state index contributed by atoms with van der Waals surface area (Å²) in [7, 11) is 1.66. The second-order valence-electron chi connectivity index (χ2n) is 2.84. The second kappa shape index (κ2) is 4.21. The van der Waals surface area contributed by atoms with Crippen LogP contribution in [0.15, 0.2) is 4.99 Å². The van der Waals surface area contributed by atoms with E-state index in [9.17, 15) is 4.79 Å². The first-order chi connectivity index (χ1) is 5.74. The van der Waals surface area contributed by atoms with Crippen molar-refractivity contribution >= 4 is 11.7 Å². The van der Waals surface area contributed by atoms with Crippen LogP contribution in [0.1, 0.15) is 19.8 Å². The highest BCUT2D eigenvalue weighted by atomic mass is 16.5. The Kier molecular flexibility index (Phi) is 3.22. The Morgan fingerprint density at radius 3 is 2.92 bits per heavy atom. The summed E-state index contributed by atoms with van der Waals surface area (Å²) >= 11 is 0. The molecule has 0 bridgehead atoms. The minimum absolute atomic E-state index is 0.00224. The Morgan fingerprint density at radius 1 is 1.67 bits per heavy atom. The molecule has 0 aliphatic carbocycles. The summed E-state index contributed by atoms with van der Waals surface area (Å²) in [5.74, 6) is 0.798. The normalized spacial score (nSPS) is 22.3. The van der Waals surface area contributed by atoms with Gasteiger partial charge in [0.1, 0.15) is 11.9 Å². The quantitative estimate of drug-likeness (QED) is 0.618. The van der Waals surface area contributed by atoms with Crippen LogP contribution in [-0.4, -0.2) is 31.5 Å². The molecule has 12 heavy (non-hydrogen) atoms. The van der Waals surface area contributed by atoms with Crippen molar-refractivity contribution in [3.05, 3.63) is 0 Å². The molecule has 1 unspecified atom stereocenters. The van der Waals surface area contributed by atoms with Gasteiger partial charge in [0.05, 0.1) is 0 Å². The van der Waals surface area contributed by atoms with Crippen LogP contribution in [0, 0.1) is 0 Å². The molecular formula is C8H14N2O2. The average molecular weight is 170 g/mol. The summed E-state index contributed by atoms with van der Waals surface area (Å²) in [6.07, 6.45) is 1.70. The third-order valence-electron chi connectivity index (χ3n) is 1.76. The van der Waals surface area contributed by atoms with Crippen LogP contribution >= 0.6 is 0 Å². The fraction of sp³-hybridized carbons (Fsp3) is 0.750. The fourth-order valence-electron chi connectivity index (χ4n) is 1.08. The number of nitrogens with zero attached hydrogens (tertiary/aromatic N) is 1. The smallest absolute Gasteiger partial charge is 0.249 e. The highest BCUT2D eigenvalue weighted by Crippen LogP contribution is 2.02.